The van der Waals surface area contributed by atoms with Gasteiger partial charge in [-0.2, -0.15) is 4.98 Å². The fourth-order valence-corrected chi connectivity index (χ4v) is 3.00. The summed E-state index contributed by atoms with van der Waals surface area (Å²) in [6, 6.07) is 5.66. The zero-order valence-corrected chi connectivity index (χ0v) is 14.3. The second-order valence-electron chi connectivity index (χ2n) is 6.28. The van der Waals surface area contributed by atoms with Crippen LogP contribution < -0.4 is 5.73 Å². The Bertz CT molecular complexity index is 1030. The average molecular weight is 350 g/mol. The van der Waals surface area contributed by atoms with E-state index in [-0.39, 0.29) is 12.6 Å². The summed E-state index contributed by atoms with van der Waals surface area (Å²) < 4.78 is 7.14. The first-order valence-corrected chi connectivity index (χ1v) is 8.31. The molecule has 1 aliphatic rings. The van der Waals surface area contributed by atoms with Gasteiger partial charge in [0.1, 0.15) is 17.8 Å². The maximum Gasteiger partial charge on any atom is 0.240 e. The number of anilines is 1. The van der Waals surface area contributed by atoms with E-state index in [0.717, 1.165) is 28.8 Å². The lowest BCUT2D eigenvalue weighted by Crippen LogP contribution is -2.36. The molecule has 1 aromatic carbocycles. The number of nitrogen functional groups attached to an aromatic ring is 1. The molecule has 1 atom stereocenters. The van der Waals surface area contributed by atoms with Crippen molar-refractivity contribution in [3.05, 3.63) is 35.9 Å². The number of aryl methyl sites for hydroxylation is 1. The van der Waals surface area contributed by atoms with E-state index in [2.05, 4.69) is 31.8 Å². The standard InChI is InChI=1S/C18H18N6O2/c1-12-22-14-4-3-13(5-7-18(25)6-2-8-26-10-18)9-15(14)24(12)17-21-11-20-16(19)23-17/h3-4,9,11,25H,2,6,8,10H2,1H3,(H2,19,20,21,23). The van der Waals surface area contributed by atoms with Crippen LogP contribution in [0.2, 0.25) is 0 Å². The molecule has 1 aliphatic heterocycles. The van der Waals surface area contributed by atoms with E-state index in [9.17, 15) is 5.11 Å². The van der Waals surface area contributed by atoms with Crippen LogP contribution in [0.1, 0.15) is 24.2 Å². The number of nitrogens with zero attached hydrogens (tertiary/aromatic N) is 5. The molecular weight excluding hydrogens is 332 g/mol. The number of nitrogens with two attached hydrogens (primary N) is 1. The first-order valence-electron chi connectivity index (χ1n) is 8.31. The molecule has 3 heterocycles. The highest BCUT2D eigenvalue weighted by atomic mass is 16.5. The number of aliphatic hydroxyl groups is 1. The highest BCUT2D eigenvalue weighted by molar-refractivity contribution is 5.79. The Morgan fingerprint density at radius 1 is 1.31 bits per heavy atom. The van der Waals surface area contributed by atoms with E-state index in [0.29, 0.717) is 19.0 Å². The summed E-state index contributed by atoms with van der Waals surface area (Å²) in [5.74, 6) is 7.27. The van der Waals surface area contributed by atoms with Crippen molar-refractivity contribution in [2.45, 2.75) is 25.4 Å². The SMILES string of the molecule is Cc1nc2ccc(C#CC3(O)CCCOC3)cc2n1-c1ncnc(N)n1. The van der Waals surface area contributed by atoms with Crippen molar-refractivity contribution in [1.29, 1.82) is 0 Å². The summed E-state index contributed by atoms with van der Waals surface area (Å²) in [6.45, 7) is 2.78. The van der Waals surface area contributed by atoms with Crippen molar-refractivity contribution in [3.8, 4) is 17.8 Å². The van der Waals surface area contributed by atoms with Gasteiger partial charge in [0, 0.05) is 12.2 Å². The summed E-state index contributed by atoms with van der Waals surface area (Å²) in [5.41, 5.74) is 6.96. The van der Waals surface area contributed by atoms with E-state index in [1.54, 1.807) is 4.57 Å². The number of imidazole rings is 1. The molecule has 0 amide bonds. The van der Waals surface area contributed by atoms with Gasteiger partial charge in [-0.15, -0.1) is 0 Å². The largest absolute Gasteiger partial charge is 0.377 e. The molecule has 4 rings (SSSR count). The Labute approximate surface area is 150 Å². The molecule has 1 unspecified atom stereocenters. The molecule has 0 bridgehead atoms. The Kier molecular flexibility index (Phi) is 4.03. The number of fused-ring (bicyclic) bond motifs is 1. The van der Waals surface area contributed by atoms with Crippen LogP contribution in [-0.4, -0.2) is 48.4 Å². The quantitative estimate of drug-likeness (QED) is 0.630. The van der Waals surface area contributed by atoms with E-state index in [4.69, 9.17) is 10.5 Å². The summed E-state index contributed by atoms with van der Waals surface area (Å²) in [6.07, 6.45) is 2.78. The van der Waals surface area contributed by atoms with Gasteiger partial charge in [0.15, 0.2) is 0 Å². The van der Waals surface area contributed by atoms with Crippen molar-refractivity contribution in [2.75, 3.05) is 18.9 Å². The Morgan fingerprint density at radius 2 is 2.19 bits per heavy atom. The van der Waals surface area contributed by atoms with Crippen molar-refractivity contribution in [3.63, 3.8) is 0 Å². The first-order chi connectivity index (χ1) is 12.5. The minimum absolute atomic E-state index is 0.145. The maximum absolute atomic E-state index is 10.5. The zero-order chi connectivity index (χ0) is 18.1. The predicted octanol–water partition coefficient (Wildman–Crippen LogP) is 0.994. The van der Waals surface area contributed by atoms with Crippen LogP contribution in [0.15, 0.2) is 24.5 Å². The van der Waals surface area contributed by atoms with Crippen molar-refractivity contribution in [1.82, 2.24) is 24.5 Å². The third-order valence-electron chi connectivity index (χ3n) is 4.26. The van der Waals surface area contributed by atoms with Gasteiger partial charge in [-0.3, -0.25) is 4.57 Å². The highest BCUT2D eigenvalue weighted by Crippen LogP contribution is 2.21. The Morgan fingerprint density at radius 3 is 2.96 bits per heavy atom. The van der Waals surface area contributed by atoms with Crippen molar-refractivity contribution >= 4 is 17.0 Å². The van der Waals surface area contributed by atoms with Crippen molar-refractivity contribution in [2.24, 2.45) is 0 Å². The monoisotopic (exact) mass is 350 g/mol. The molecule has 0 radical (unpaired) electrons. The van der Waals surface area contributed by atoms with Crippen LogP contribution in [0.25, 0.3) is 17.0 Å². The molecule has 1 fully saturated rings. The second-order valence-corrected chi connectivity index (χ2v) is 6.28. The van der Waals surface area contributed by atoms with E-state index in [1.165, 1.54) is 6.33 Å². The Hall–Kier alpha value is -3.02. The first kappa shape index (κ1) is 16.4. The Balaban J connectivity index is 1.77. The molecule has 2 aromatic heterocycles. The van der Waals surface area contributed by atoms with Crippen LogP contribution in [0.4, 0.5) is 5.95 Å². The fourth-order valence-electron chi connectivity index (χ4n) is 3.00. The fraction of sp³-hybridized carbons (Fsp3) is 0.333. The predicted molar refractivity (Wildman–Crippen MR) is 95.5 cm³/mol. The molecule has 132 valence electrons. The summed E-state index contributed by atoms with van der Waals surface area (Å²) in [4.78, 5) is 16.7. The van der Waals surface area contributed by atoms with E-state index in [1.807, 2.05) is 25.1 Å². The van der Waals surface area contributed by atoms with Crippen LogP contribution in [0.3, 0.4) is 0 Å². The second kappa shape index (κ2) is 6.37. The molecule has 0 aliphatic carbocycles. The van der Waals surface area contributed by atoms with Crippen LogP contribution in [-0.2, 0) is 4.74 Å². The molecule has 0 spiro atoms. The number of aromatic nitrogens is 5. The molecule has 8 heteroatoms. The van der Waals surface area contributed by atoms with E-state index < -0.39 is 5.60 Å². The lowest BCUT2D eigenvalue weighted by atomic mass is 9.97. The molecule has 26 heavy (non-hydrogen) atoms. The van der Waals surface area contributed by atoms with Gasteiger partial charge in [0.05, 0.1) is 17.6 Å². The lowest BCUT2D eigenvalue weighted by molar-refractivity contribution is -0.0480. The summed E-state index contributed by atoms with van der Waals surface area (Å²) >= 11 is 0. The minimum atomic E-state index is -1.09. The molecule has 3 N–H and O–H groups in total. The van der Waals surface area contributed by atoms with Gasteiger partial charge in [-0.1, -0.05) is 11.8 Å². The molecular formula is C18H18N6O2. The van der Waals surface area contributed by atoms with Gasteiger partial charge in [-0.05, 0) is 38.0 Å². The van der Waals surface area contributed by atoms with Crippen LogP contribution in [0, 0.1) is 18.8 Å². The molecule has 1 saturated heterocycles. The third-order valence-corrected chi connectivity index (χ3v) is 4.26. The highest BCUT2D eigenvalue weighted by Gasteiger charge is 2.27. The van der Waals surface area contributed by atoms with Crippen molar-refractivity contribution < 1.29 is 9.84 Å². The molecule has 0 saturated carbocycles. The summed E-state index contributed by atoms with van der Waals surface area (Å²) in [7, 11) is 0. The summed E-state index contributed by atoms with van der Waals surface area (Å²) in [5, 5.41) is 10.5. The smallest absolute Gasteiger partial charge is 0.240 e. The van der Waals surface area contributed by atoms with Gasteiger partial charge in [0.25, 0.3) is 0 Å². The topological polar surface area (TPSA) is 112 Å². The van der Waals surface area contributed by atoms with Gasteiger partial charge < -0.3 is 15.6 Å². The minimum Gasteiger partial charge on any atom is -0.377 e. The average Bonchev–Trinajstić information content (AvgIpc) is 2.96. The maximum atomic E-state index is 10.5. The lowest BCUT2D eigenvalue weighted by Gasteiger charge is -2.26. The van der Waals surface area contributed by atoms with Gasteiger partial charge >= 0.3 is 0 Å². The number of benzene rings is 1. The number of hydrogen-bond acceptors (Lipinski definition) is 7. The zero-order valence-electron chi connectivity index (χ0n) is 14.3. The molecule has 8 nitrogen and oxygen atoms in total. The van der Waals surface area contributed by atoms with Gasteiger partial charge in [-0.25, -0.2) is 15.0 Å². The number of rotatable bonds is 1. The van der Waals surface area contributed by atoms with Gasteiger partial charge in [0.2, 0.25) is 11.9 Å². The van der Waals surface area contributed by atoms with E-state index >= 15 is 0 Å². The number of hydrogen-bond donors (Lipinski definition) is 2. The third kappa shape index (κ3) is 3.10. The number of ether oxygens (including phenoxy) is 1. The molecule has 3 aromatic rings. The normalized spacial score (nSPS) is 19.9. The van der Waals surface area contributed by atoms with Crippen LogP contribution >= 0.6 is 0 Å². The van der Waals surface area contributed by atoms with Crippen LogP contribution in [0.5, 0.6) is 0 Å².